The lowest BCUT2D eigenvalue weighted by Crippen LogP contribution is -2.59. The molecule has 0 aliphatic rings. The minimum Gasteiger partial charge on any atom is -0.480 e. The third-order valence-corrected chi connectivity index (χ3v) is 5.57. The smallest absolute Gasteiger partial charge is 0.324 e. The fraction of sp³-hybridized carbons (Fsp3) is 0.0741. The highest BCUT2D eigenvalue weighted by Gasteiger charge is 2.40. The van der Waals surface area contributed by atoms with Crippen LogP contribution in [0, 0.1) is 0 Å². The minimum absolute atomic E-state index is 0.0779. The van der Waals surface area contributed by atoms with E-state index >= 15 is 0 Å². The first kappa shape index (κ1) is 24.5. The molecule has 0 saturated heterocycles. The Morgan fingerprint density at radius 3 is 1.97 bits per heavy atom. The highest BCUT2D eigenvalue weighted by molar-refractivity contribution is 6.28. The highest BCUT2D eigenvalue weighted by atomic mass is 16.4. The fourth-order valence-electron chi connectivity index (χ4n) is 3.66. The molecule has 2 unspecified atom stereocenters. The van der Waals surface area contributed by atoms with Gasteiger partial charge < -0.3 is 19.9 Å². The molecule has 0 bridgehead atoms. The Kier molecular flexibility index (Phi) is 7.03. The number of carboxylic acids is 1. The molecule has 36 heavy (non-hydrogen) atoms. The first-order chi connectivity index (χ1) is 17.3. The van der Waals surface area contributed by atoms with Crippen LogP contribution in [-0.4, -0.2) is 42.1 Å². The van der Waals surface area contributed by atoms with E-state index in [1.165, 1.54) is 30.5 Å². The number of furan rings is 1. The van der Waals surface area contributed by atoms with Gasteiger partial charge in [-0.3, -0.25) is 19.3 Å². The van der Waals surface area contributed by atoms with E-state index < -0.39 is 29.4 Å². The number of aliphatic carboxylic acids is 1. The number of carbonyl (C=O) groups is 3. The molecular formula is C27H21BN2O6. The Morgan fingerprint density at radius 2 is 1.42 bits per heavy atom. The zero-order valence-electron chi connectivity index (χ0n) is 18.9. The van der Waals surface area contributed by atoms with E-state index in [2.05, 4.69) is 5.32 Å². The number of hydrogen-bond acceptors (Lipinski definition) is 5. The van der Waals surface area contributed by atoms with Gasteiger partial charge in [-0.1, -0.05) is 72.8 Å². The summed E-state index contributed by atoms with van der Waals surface area (Å²) in [5, 5.41) is 22.9. The predicted octanol–water partition coefficient (Wildman–Crippen LogP) is 3.13. The number of carboxylic acid groups (broad SMARTS) is 1. The Balaban J connectivity index is 1.67. The maximum Gasteiger partial charge on any atom is 0.324 e. The molecule has 0 saturated carbocycles. The number of carbonyl (C=O) groups excluding carboxylic acids is 2. The Bertz CT molecular complexity index is 1340. The van der Waals surface area contributed by atoms with Gasteiger partial charge in [0.25, 0.3) is 11.8 Å². The summed E-state index contributed by atoms with van der Waals surface area (Å²) in [6.07, 6.45) is -0.850. The summed E-state index contributed by atoms with van der Waals surface area (Å²) in [7, 11) is 6.03. The highest BCUT2D eigenvalue weighted by Crippen LogP contribution is 2.26. The quantitative estimate of drug-likeness (QED) is 0.263. The van der Waals surface area contributed by atoms with Crippen molar-refractivity contribution in [2.75, 3.05) is 4.90 Å². The SMILES string of the molecule is [B]C(NC(=O)C(O)N(C(=O)c1ccco1)c1ccc(-c2ccccc2)cc1)(C(=O)O)c1ccccc1. The molecule has 0 aliphatic heterocycles. The number of aliphatic hydroxyl groups is 1. The van der Waals surface area contributed by atoms with Crippen molar-refractivity contribution in [2.24, 2.45) is 0 Å². The molecule has 4 aromatic rings. The van der Waals surface area contributed by atoms with Crippen LogP contribution in [0.4, 0.5) is 5.69 Å². The number of benzene rings is 3. The van der Waals surface area contributed by atoms with Crippen LogP contribution in [0.3, 0.4) is 0 Å². The summed E-state index contributed by atoms with van der Waals surface area (Å²) >= 11 is 0. The number of anilines is 1. The van der Waals surface area contributed by atoms with E-state index in [1.807, 2.05) is 30.3 Å². The van der Waals surface area contributed by atoms with Crippen molar-refractivity contribution in [3.63, 3.8) is 0 Å². The first-order valence-corrected chi connectivity index (χ1v) is 10.9. The van der Waals surface area contributed by atoms with Gasteiger partial charge in [0.15, 0.2) is 5.76 Å². The van der Waals surface area contributed by atoms with Gasteiger partial charge in [-0.15, -0.1) is 0 Å². The lowest BCUT2D eigenvalue weighted by Gasteiger charge is -2.32. The van der Waals surface area contributed by atoms with E-state index in [9.17, 15) is 24.6 Å². The molecule has 1 aromatic heterocycles. The van der Waals surface area contributed by atoms with Crippen molar-refractivity contribution < 1.29 is 29.0 Å². The lowest BCUT2D eigenvalue weighted by molar-refractivity contribution is -0.145. The minimum atomic E-state index is -2.35. The third-order valence-electron chi connectivity index (χ3n) is 5.57. The van der Waals surface area contributed by atoms with Crippen molar-refractivity contribution in [1.29, 1.82) is 0 Å². The second-order valence-corrected chi connectivity index (χ2v) is 7.91. The molecule has 8 nitrogen and oxygen atoms in total. The summed E-state index contributed by atoms with van der Waals surface area (Å²) in [5.74, 6) is -3.69. The van der Waals surface area contributed by atoms with E-state index in [-0.39, 0.29) is 17.0 Å². The molecule has 178 valence electrons. The molecule has 3 aromatic carbocycles. The van der Waals surface area contributed by atoms with Gasteiger partial charge in [-0.05, 0) is 41.0 Å². The van der Waals surface area contributed by atoms with Crippen LogP contribution in [-0.2, 0) is 15.0 Å². The van der Waals surface area contributed by atoms with Crippen LogP contribution in [0.15, 0.2) is 108 Å². The number of aliphatic hydroxyl groups excluding tert-OH is 1. The Hall–Kier alpha value is -4.63. The van der Waals surface area contributed by atoms with Gasteiger partial charge in [-0.25, -0.2) is 0 Å². The van der Waals surface area contributed by atoms with Crippen molar-refractivity contribution in [3.8, 4) is 11.1 Å². The largest absolute Gasteiger partial charge is 0.480 e. The first-order valence-electron chi connectivity index (χ1n) is 10.9. The normalized spacial score (nSPS) is 13.2. The molecule has 1 heterocycles. The van der Waals surface area contributed by atoms with Crippen LogP contribution >= 0.6 is 0 Å². The average Bonchev–Trinajstić information content (AvgIpc) is 3.45. The molecule has 2 amide bonds. The second kappa shape index (κ2) is 10.3. The molecule has 0 aliphatic carbocycles. The van der Waals surface area contributed by atoms with Crippen LogP contribution in [0.25, 0.3) is 11.1 Å². The number of nitrogens with one attached hydrogen (secondary N) is 1. The third kappa shape index (κ3) is 4.91. The van der Waals surface area contributed by atoms with Crippen LogP contribution in [0.2, 0.25) is 0 Å². The number of rotatable bonds is 8. The van der Waals surface area contributed by atoms with Crippen LogP contribution in [0.5, 0.6) is 0 Å². The summed E-state index contributed by atoms with van der Waals surface area (Å²) in [6.45, 7) is 0. The molecule has 2 radical (unpaired) electrons. The monoisotopic (exact) mass is 480 g/mol. The van der Waals surface area contributed by atoms with E-state index in [0.29, 0.717) is 0 Å². The van der Waals surface area contributed by atoms with Crippen molar-refractivity contribution in [1.82, 2.24) is 5.32 Å². The van der Waals surface area contributed by atoms with Gasteiger partial charge in [0.05, 0.1) is 6.26 Å². The Morgan fingerprint density at radius 1 is 0.833 bits per heavy atom. The molecule has 0 fully saturated rings. The Labute approximate surface area is 208 Å². The van der Waals surface area contributed by atoms with Gasteiger partial charge in [-0.2, -0.15) is 0 Å². The lowest BCUT2D eigenvalue weighted by atomic mass is 9.72. The topological polar surface area (TPSA) is 120 Å². The van der Waals surface area contributed by atoms with Crippen LogP contribution < -0.4 is 10.2 Å². The van der Waals surface area contributed by atoms with Crippen LogP contribution in [0.1, 0.15) is 16.1 Å². The van der Waals surface area contributed by atoms with Gasteiger partial charge >= 0.3 is 5.97 Å². The molecule has 9 heteroatoms. The number of amides is 2. The second-order valence-electron chi connectivity index (χ2n) is 7.91. The van der Waals surface area contributed by atoms with Gasteiger partial charge in [0, 0.05) is 5.69 Å². The van der Waals surface area contributed by atoms with E-state index in [4.69, 9.17) is 12.3 Å². The summed E-state index contributed by atoms with van der Waals surface area (Å²) in [4.78, 5) is 39.1. The maximum atomic E-state index is 13.2. The van der Waals surface area contributed by atoms with Gasteiger partial charge in [0.1, 0.15) is 13.3 Å². The number of nitrogens with zero attached hydrogens (tertiary/aromatic N) is 1. The average molecular weight is 480 g/mol. The van der Waals surface area contributed by atoms with Crippen molar-refractivity contribution >= 4 is 31.3 Å². The summed E-state index contributed by atoms with van der Waals surface area (Å²) in [6, 6.07) is 26.6. The molecule has 0 spiro atoms. The summed E-state index contributed by atoms with van der Waals surface area (Å²) < 4.78 is 5.18. The molecule has 3 N–H and O–H groups in total. The van der Waals surface area contributed by atoms with E-state index in [1.54, 1.807) is 42.5 Å². The fourth-order valence-corrected chi connectivity index (χ4v) is 3.66. The van der Waals surface area contributed by atoms with E-state index in [0.717, 1.165) is 16.0 Å². The zero-order chi connectivity index (χ0) is 25.7. The van der Waals surface area contributed by atoms with Gasteiger partial charge in [0.2, 0.25) is 6.23 Å². The molecule has 2 atom stereocenters. The standard InChI is InChI=1S/C27H21BN2O6/c28-27(26(34)35,20-10-5-2-6-11-20)29-23(31)25(33)30(24(32)22-12-7-17-36-22)21-15-13-19(14-16-21)18-8-3-1-4-9-18/h1-17,25,33H,(H,29,31)(H,34,35). The predicted molar refractivity (Wildman–Crippen MR) is 133 cm³/mol. The molecular weight excluding hydrogens is 459 g/mol. The maximum absolute atomic E-state index is 13.2. The zero-order valence-corrected chi connectivity index (χ0v) is 18.9. The number of hydrogen-bond donors (Lipinski definition) is 3. The van der Waals surface area contributed by atoms with Crippen molar-refractivity contribution in [3.05, 3.63) is 115 Å². The molecule has 4 rings (SSSR count). The summed E-state index contributed by atoms with van der Waals surface area (Å²) in [5.41, 5.74) is -0.315. The van der Waals surface area contributed by atoms with Crippen molar-refractivity contribution in [2.45, 2.75) is 11.7 Å².